The van der Waals surface area contributed by atoms with Crippen molar-refractivity contribution in [1.29, 1.82) is 0 Å². The average Bonchev–Trinajstić information content (AvgIpc) is 2.67. The van der Waals surface area contributed by atoms with E-state index in [1.54, 1.807) is 0 Å². The molecule has 4 N–H and O–H groups in total. The van der Waals surface area contributed by atoms with Gasteiger partial charge in [-0.25, -0.2) is 13.2 Å². The maximum atomic E-state index is 14.3. The van der Waals surface area contributed by atoms with Crippen LogP contribution >= 0.6 is 0 Å². The van der Waals surface area contributed by atoms with Crippen molar-refractivity contribution >= 4 is 35.0 Å². The molecule has 1 heterocycles. The molecule has 2 rings (SSSR count). The monoisotopic (exact) mass is 438 g/mol. The highest BCUT2D eigenvalue weighted by Crippen LogP contribution is 2.24. The van der Waals surface area contributed by atoms with Gasteiger partial charge in [0.05, 0.1) is 12.3 Å². The number of alkyl halides is 4. The zero-order valence-corrected chi connectivity index (χ0v) is 15.0. The summed E-state index contributed by atoms with van der Waals surface area (Å²) in [7, 11) is 0. The van der Waals surface area contributed by atoms with Crippen molar-refractivity contribution in [2.45, 2.75) is 18.4 Å². The van der Waals surface area contributed by atoms with Crippen molar-refractivity contribution in [1.82, 2.24) is 5.32 Å². The zero-order valence-electron chi connectivity index (χ0n) is 15.0. The van der Waals surface area contributed by atoms with Gasteiger partial charge >= 0.3 is 12.3 Å². The lowest BCUT2D eigenvalue weighted by atomic mass is 10.2. The molecule has 1 fully saturated rings. The minimum absolute atomic E-state index is 0.134. The van der Waals surface area contributed by atoms with Crippen molar-refractivity contribution < 1.29 is 45.9 Å². The van der Waals surface area contributed by atoms with E-state index in [4.69, 9.17) is 10.5 Å². The zero-order chi connectivity index (χ0) is 22.6. The summed E-state index contributed by atoms with van der Waals surface area (Å²) < 4.78 is 69.7. The molecule has 1 aromatic rings. The number of rotatable bonds is 7. The number of morpholine rings is 1. The molecule has 0 bridgehead atoms. The van der Waals surface area contributed by atoms with Gasteiger partial charge in [0.25, 0.3) is 17.7 Å². The molecule has 1 saturated heterocycles. The maximum Gasteiger partial charge on any atom is 0.383 e. The lowest BCUT2D eigenvalue weighted by Gasteiger charge is -2.27. The number of nitrogens with zero attached hydrogens (tertiary/aromatic N) is 1. The first-order valence-corrected chi connectivity index (χ1v) is 8.20. The Morgan fingerprint density at radius 2 is 1.90 bits per heavy atom. The lowest BCUT2D eigenvalue weighted by molar-refractivity contribution is -0.171. The predicted octanol–water partition coefficient (Wildman–Crippen LogP) is -0.00210. The summed E-state index contributed by atoms with van der Waals surface area (Å²) in [6, 6.07) is 0.632. The van der Waals surface area contributed by atoms with Crippen molar-refractivity contribution in [2.24, 2.45) is 5.73 Å². The van der Waals surface area contributed by atoms with E-state index >= 15 is 0 Å². The van der Waals surface area contributed by atoms with Gasteiger partial charge in [0.1, 0.15) is 12.4 Å². The van der Waals surface area contributed by atoms with E-state index in [0.717, 1.165) is 17.4 Å². The Balaban J connectivity index is 2.15. The number of hydrogen-bond donors (Lipinski definition) is 3. The van der Waals surface area contributed by atoms with Gasteiger partial charge in [-0.3, -0.25) is 19.2 Å². The van der Waals surface area contributed by atoms with Gasteiger partial charge in [0, 0.05) is 12.2 Å². The van der Waals surface area contributed by atoms with E-state index in [9.17, 15) is 41.1 Å². The second-order valence-electron chi connectivity index (χ2n) is 5.98. The van der Waals surface area contributed by atoms with E-state index in [1.165, 1.54) is 11.0 Å². The van der Waals surface area contributed by atoms with E-state index < -0.39 is 53.5 Å². The summed E-state index contributed by atoms with van der Waals surface area (Å²) in [6.07, 6.45) is -4.40. The SMILES string of the molecule is NC(=O)[C@H](NC(=O)C(F)(F)C(F)F)C(=O)Nc1ccc(N2CCOCC2=O)cc1F. The summed E-state index contributed by atoms with van der Waals surface area (Å²) in [5, 5.41) is 2.93. The van der Waals surface area contributed by atoms with Crippen LogP contribution in [0.2, 0.25) is 0 Å². The largest absolute Gasteiger partial charge is 0.383 e. The standard InChI is InChI=1S/C16H15F5N4O5/c17-8-5-7(25-3-4-30-6-10(25)26)1-2-9(8)23-13(28)11(12(22)27)24-15(29)16(20,21)14(18)19/h1-2,5,11,14H,3-4,6H2,(H2,22,27)(H,23,28)(H,24,29)/t11-/m0/s1. The fourth-order valence-electron chi connectivity index (χ4n) is 2.36. The summed E-state index contributed by atoms with van der Waals surface area (Å²) in [5.74, 6) is -12.5. The summed E-state index contributed by atoms with van der Waals surface area (Å²) >= 11 is 0. The van der Waals surface area contributed by atoms with Crippen molar-refractivity contribution in [2.75, 3.05) is 30.0 Å². The maximum absolute atomic E-state index is 14.3. The van der Waals surface area contributed by atoms with Crippen molar-refractivity contribution in [3.05, 3.63) is 24.0 Å². The fourth-order valence-corrected chi connectivity index (χ4v) is 2.36. The first-order chi connectivity index (χ1) is 13.9. The van der Waals surface area contributed by atoms with Crippen LogP contribution in [-0.4, -0.2) is 61.8 Å². The number of carbonyl (C=O) groups excluding carboxylic acids is 4. The third-order valence-corrected chi connectivity index (χ3v) is 3.91. The lowest BCUT2D eigenvalue weighted by Crippen LogP contribution is -2.57. The molecule has 164 valence electrons. The van der Waals surface area contributed by atoms with Gasteiger partial charge in [0.2, 0.25) is 5.91 Å². The second kappa shape index (κ2) is 9.02. The third kappa shape index (κ3) is 5.00. The van der Waals surface area contributed by atoms with Crippen molar-refractivity contribution in [3.8, 4) is 0 Å². The van der Waals surface area contributed by atoms with E-state index in [1.807, 2.05) is 5.32 Å². The van der Waals surface area contributed by atoms with Gasteiger partial charge in [-0.1, -0.05) is 0 Å². The summed E-state index contributed by atoms with van der Waals surface area (Å²) in [6.45, 7) is 0.163. The number of primary amides is 1. The molecule has 1 atom stereocenters. The Bertz CT molecular complexity index is 866. The molecule has 1 aliphatic rings. The molecule has 0 unspecified atom stereocenters. The molecular weight excluding hydrogens is 423 g/mol. The Morgan fingerprint density at radius 3 is 2.43 bits per heavy atom. The number of amides is 4. The number of nitrogens with two attached hydrogens (primary N) is 1. The molecule has 9 nitrogen and oxygen atoms in total. The minimum atomic E-state index is -5.19. The van der Waals surface area contributed by atoms with Gasteiger partial charge < -0.3 is 26.0 Å². The van der Waals surface area contributed by atoms with Crippen LogP contribution < -0.4 is 21.3 Å². The topological polar surface area (TPSA) is 131 Å². The van der Waals surface area contributed by atoms with Crippen LogP contribution in [0, 0.1) is 5.82 Å². The molecule has 1 aromatic carbocycles. The molecule has 0 spiro atoms. The quantitative estimate of drug-likeness (QED) is 0.408. The van der Waals surface area contributed by atoms with Crippen LogP contribution in [0.5, 0.6) is 0 Å². The average molecular weight is 438 g/mol. The number of nitrogens with one attached hydrogen (secondary N) is 2. The Kier molecular flexibility index (Phi) is 6.92. The van der Waals surface area contributed by atoms with Crippen LogP contribution in [0.1, 0.15) is 0 Å². The minimum Gasteiger partial charge on any atom is -0.370 e. The van der Waals surface area contributed by atoms with Gasteiger partial charge in [-0.15, -0.1) is 0 Å². The van der Waals surface area contributed by atoms with Crippen LogP contribution in [0.3, 0.4) is 0 Å². The number of hydrogen-bond acceptors (Lipinski definition) is 5. The number of carbonyl (C=O) groups is 4. The number of ether oxygens (including phenoxy) is 1. The van der Waals surface area contributed by atoms with Crippen LogP contribution in [0.15, 0.2) is 18.2 Å². The van der Waals surface area contributed by atoms with Crippen LogP contribution in [-0.2, 0) is 23.9 Å². The normalized spacial score (nSPS) is 15.7. The summed E-state index contributed by atoms with van der Waals surface area (Å²) in [4.78, 5) is 47.6. The molecule has 4 amide bonds. The Hall–Kier alpha value is -3.29. The second-order valence-corrected chi connectivity index (χ2v) is 5.98. The fraction of sp³-hybridized carbons (Fsp3) is 0.375. The highest BCUT2D eigenvalue weighted by atomic mass is 19.3. The molecule has 0 radical (unpaired) electrons. The molecule has 14 heteroatoms. The molecule has 0 aliphatic carbocycles. The van der Waals surface area contributed by atoms with Crippen molar-refractivity contribution in [3.63, 3.8) is 0 Å². The summed E-state index contributed by atoms with van der Waals surface area (Å²) in [5.41, 5.74) is 4.42. The highest BCUT2D eigenvalue weighted by Gasteiger charge is 2.50. The predicted molar refractivity (Wildman–Crippen MR) is 90.3 cm³/mol. The Morgan fingerprint density at radius 1 is 1.23 bits per heavy atom. The molecule has 0 aromatic heterocycles. The molecule has 30 heavy (non-hydrogen) atoms. The van der Waals surface area contributed by atoms with E-state index in [0.29, 0.717) is 0 Å². The van der Waals surface area contributed by atoms with Gasteiger partial charge in [0.15, 0.2) is 6.04 Å². The first-order valence-electron chi connectivity index (χ1n) is 8.20. The first kappa shape index (κ1) is 23.0. The molecule has 1 aliphatic heterocycles. The van der Waals surface area contributed by atoms with E-state index in [-0.39, 0.29) is 25.4 Å². The third-order valence-electron chi connectivity index (χ3n) is 3.91. The van der Waals surface area contributed by atoms with Crippen LogP contribution in [0.25, 0.3) is 0 Å². The number of benzene rings is 1. The number of anilines is 2. The number of halogens is 5. The smallest absolute Gasteiger partial charge is 0.370 e. The van der Waals surface area contributed by atoms with Crippen LogP contribution in [0.4, 0.5) is 33.3 Å². The molecular formula is C16H15F5N4O5. The van der Waals surface area contributed by atoms with Gasteiger partial charge in [-0.05, 0) is 18.2 Å². The molecule has 0 saturated carbocycles. The Labute approximate surface area is 165 Å². The highest BCUT2D eigenvalue weighted by molar-refractivity contribution is 6.12. The van der Waals surface area contributed by atoms with Gasteiger partial charge in [-0.2, -0.15) is 8.78 Å². The van der Waals surface area contributed by atoms with E-state index in [2.05, 4.69) is 0 Å².